The van der Waals surface area contributed by atoms with E-state index in [0.717, 1.165) is 38.4 Å². The molecule has 0 radical (unpaired) electrons. The molecule has 0 spiro atoms. The van der Waals surface area contributed by atoms with E-state index in [1.165, 1.54) is 24.3 Å². The summed E-state index contributed by atoms with van der Waals surface area (Å²) in [6.07, 6.45) is 3.15. The van der Waals surface area contributed by atoms with Crippen LogP contribution in [0.4, 0.5) is 15.8 Å². The second-order valence-electron chi connectivity index (χ2n) is 8.21. The van der Waals surface area contributed by atoms with Crippen LogP contribution in [0.1, 0.15) is 40.0 Å². The molecule has 0 N–H and O–H groups in total. The molecule has 2 saturated heterocycles. The van der Waals surface area contributed by atoms with Gasteiger partial charge in [-0.15, -0.1) is 0 Å². The molecule has 2 aliphatic heterocycles. The van der Waals surface area contributed by atoms with E-state index in [2.05, 4.69) is 4.90 Å². The zero-order valence-corrected chi connectivity index (χ0v) is 18.8. The van der Waals surface area contributed by atoms with Gasteiger partial charge in [0.15, 0.2) is 0 Å². The SMILES string of the molecule is O=C(c1ccc(F)cc1Cl)N1CCN(C(=O)c2cc([N+](=O)[O-])ccc2N2CCCCC2)CC1. The predicted molar refractivity (Wildman–Crippen MR) is 122 cm³/mol. The van der Waals surface area contributed by atoms with Crippen molar-refractivity contribution >= 4 is 34.8 Å². The fourth-order valence-corrected chi connectivity index (χ4v) is 4.58. The van der Waals surface area contributed by atoms with Gasteiger partial charge in [0, 0.05) is 51.4 Å². The highest BCUT2D eigenvalue weighted by Gasteiger charge is 2.29. The minimum atomic E-state index is -0.520. The van der Waals surface area contributed by atoms with Crippen molar-refractivity contribution in [1.82, 2.24) is 9.80 Å². The maximum Gasteiger partial charge on any atom is 0.270 e. The van der Waals surface area contributed by atoms with E-state index in [4.69, 9.17) is 11.6 Å². The number of piperazine rings is 1. The Morgan fingerprint density at radius 3 is 2.03 bits per heavy atom. The Kier molecular flexibility index (Phi) is 6.78. The van der Waals surface area contributed by atoms with Crippen molar-refractivity contribution in [1.29, 1.82) is 0 Å². The van der Waals surface area contributed by atoms with Gasteiger partial charge in [-0.2, -0.15) is 0 Å². The maximum absolute atomic E-state index is 13.4. The minimum Gasteiger partial charge on any atom is -0.371 e. The lowest BCUT2D eigenvalue weighted by Gasteiger charge is -2.36. The van der Waals surface area contributed by atoms with E-state index in [1.807, 2.05) is 0 Å². The first kappa shape index (κ1) is 23.0. The Bertz CT molecular complexity index is 1080. The zero-order valence-electron chi connectivity index (χ0n) is 18.0. The second kappa shape index (κ2) is 9.74. The van der Waals surface area contributed by atoms with Gasteiger partial charge < -0.3 is 14.7 Å². The monoisotopic (exact) mass is 474 g/mol. The number of benzene rings is 2. The molecular weight excluding hydrogens is 451 g/mol. The summed E-state index contributed by atoms with van der Waals surface area (Å²) in [7, 11) is 0. The normalized spacial score (nSPS) is 16.6. The highest BCUT2D eigenvalue weighted by molar-refractivity contribution is 6.33. The molecule has 0 saturated carbocycles. The number of nitro benzene ring substituents is 1. The zero-order chi connectivity index (χ0) is 23.5. The summed E-state index contributed by atoms with van der Waals surface area (Å²) in [6.45, 7) is 2.74. The molecule has 4 rings (SSSR count). The number of piperidine rings is 1. The van der Waals surface area contributed by atoms with Crippen LogP contribution in [-0.4, -0.2) is 65.8 Å². The number of rotatable bonds is 4. The van der Waals surface area contributed by atoms with Crippen LogP contribution in [0, 0.1) is 15.9 Å². The molecule has 2 heterocycles. The molecule has 174 valence electrons. The van der Waals surface area contributed by atoms with E-state index in [1.54, 1.807) is 15.9 Å². The first-order valence-electron chi connectivity index (χ1n) is 10.9. The van der Waals surface area contributed by atoms with E-state index < -0.39 is 10.7 Å². The van der Waals surface area contributed by atoms with Gasteiger partial charge in [0.05, 0.1) is 26.8 Å². The second-order valence-corrected chi connectivity index (χ2v) is 8.62. The van der Waals surface area contributed by atoms with E-state index in [-0.39, 0.29) is 54.3 Å². The molecule has 0 unspecified atom stereocenters. The first-order chi connectivity index (χ1) is 15.8. The van der Waals surface area contributed by atoms with Crippen molar-refractivity contribution < 1.29 is 18.9 Å². The average molecular weight is 475 g/mol. The van der Waals surface area contributed by atoms with E-state index in [0.29, 0.717) is 11.3 Å². The number of hydrogen-bond donors (Lipinski definition) is 0. The molecule has 0 aromatic heterocycles. The third kappa shape index (κ3) is 4.93. The highest BCUT2D eigenvalue weighted by Crippen LogP contribution is 2.29. The number of amides is 2. The molecule has 2 aliphatic rings. The van der Waals surface area contributed by atoms with Gasteiger partial charge >= 0.3 is 0 Å². The Morgan fingerprint density at radius 1 is 0.848 bits per heavy atom. The molecule has 0 bridgehead atoms. The number of carbonyl (C=O) groups excluding carboxylic acids is 2. The summed E-state index contributed by atoms with van der Waals surface area (Å²) < 4.78 is 13.3. The fraction of sp³-hybridized carbons (Fsp3) is 0.391. The van der Waals surface area contributed by atoms with Gasteiger partial charge in [0.2, 0.25) is 0 Å². The molecule has 33 heavy (non-hydrogen) atoms. The van der Waals surface area contributed by atoms with Crippen molar-refractivity contribution in [3.8, 4) is 0 Å². The molecule has 2 aromatic rings. The Morgan fingerprint density at radius 2 is 1.45 bits per heavy atom. The number of non-ortho nitro benzene ring substituents is 1. The molecule has 10 heteroatoms. The summed E-state index contributed by atoms with van der Waals surface area (Å²) in [5.74, 6) is -1.13. The third-order valence-electron chi connectivity index (χ3n) is 6.13. The Balaban J connectivity index is 1.50. The van der Waals surface area contributed by atoms with Gasteiger partial charge in [-0.1, -0.05) is 11.6 Å². The Hall–Kier alpha value is -3.20. The lowest BCUT2D eigenvalue weighted by Crippen LogP contribution is -2.50. The van der Waals surface area contributed by atoms with Crippen LogP contribution in [0.25, 0.3) is 0 Å². The van der Waals surface area contributed by atoms with Crippen molar-refractivity contribution in [3.05, 3.63) is 68.5 Å². The molecule has 2 aromatic carbocycles. The minimum absolute atomic E-state index is 0.0428. The summed E-state index contributed by atoms with van der Waals surface area (Å²) in [4.78, 5) is 42.3. The van der Waals surface area contributed by atoms with Crippen LogP contribution >= 0.6 is 11.6 Å². The largest absolute Gasteiger partial charge is 0.371 e. The van der Waals surface area contributed by atoms with Crippen LogP contribution in [0.5, 0.6) is 0 Å². The molecular formula is C23H24ClFN4O4. The van der Waals surface area contributed by atoms with Gasteiger partial charge in [0.25, 0.3) is 17.5 Å². The fourth-order valence-electron chi connectivity index (χ4n) is 4.34. The topological polar surface area (TPSA) is 87.0 Å². The number of halogens is 2. The first-order valence-corrected chi connectivity index (χ1v) is 11.3. The highest BCUT2D eigenvalue weighted by atomic mass is 35.5. The Labute approximate surface area is 195 Å². The number of anilines is 1. The van der Waals surface area contributed by atoms with Crippen LogP contribution in [0.15, 0.2) is 36.4 Å². The third-order valence-corrected chi connectivity index (χ3v) is 6.45. The van der Waals surface area contributed by atoms with Gasteiger partial charge in [-0.05, 0) is 43.5 Å². The van der Waals surface area contributed by atoms with Crippen LogP contribution in [-0.2, 0) is 0 Å². The van der Waals surface area contributed by atoms with Gasteiger partial charge in [0.1, 0.15) is 5.82 Å². The number of hydrogen-bond acceptors (Lipinski definition) is 5. The van der Waals surface area contributed by atoms with E-state index in [9.17, 15) is 24.1 Å². The number of nitrogens with zero attached hydrogens (tertiary/aromatic N) is 4. The summed E-state index contributed by atoms with van der Waals surface area (Å²) >= 11 is 6.02. The van der Waals surface area contributed by atoms with Crippen molar-refractivity contribution in [2.45, 2.75) is 19.3 Å². The molecule has 2 amide bonds. The van der Waals surface area contributed by atoms with E-state index >= 15 is 0 Å². The average Bonchev–Trinajstić information content (AvgIpc) is 2.83. The van der Waals surface area contributed by atoms with Gasteiger partial charge in [-0.3, -0.25) is 19.7 Å². The van der Waals surface area contributed by atoms with Crippen molar-refractivity contribution in [2.75, 3.05) is 44.2 Å². The van der Waals surface area contributed by atoms with Crippen LogP contribution < -0.4 is 4.90 Å². The summed E-state index contributed by atoms with van der Waals surface area (Å²) in [5.41, 5.74) is 1.11. The lowest BCUT2D eigenvalue weighted by molar-refractivity contribution is -0.384. The number of carbonyl (C=O) groups is 2. The van der Waals surface area contributed by atoms with Crippen LogP contribution in [0.3, 0.4) is 0 Å². The van der Waals surface area contributed by atoms with Crippen molar-refractivity contribution in [3.63, 3.8) is 0 Å². The quantitative estimate of drug-likeness (QED) is 0.494. The predicted octanol–water partition coefficient (Wildman–Crippen LogP) is 3.98. The molecule has 0 aliphatic carbocycles. The maximum atomic E-state index is 13.4. The van der Waals surface area contributed by atoms with Gasteiger partial charge in [-0.25, -0.2) is 4.39 Å². The van der Waals surface area contributed by atoms with Crippen molar-refractivity contribution in [2.24, 2.45) is 0 Å². The smallest absolute Gasteiger partial charge is 0.270 e. The summed E-state index contributed by atoms with van der Waals surface area (Å²) in [6, 6.07) is 8.08. The van der Waals surface area contributed by atoms with Crippen LogP contribution in [0.2, 0.25) is 5.02 Å². The molecule has 2 fully saturated rings. The number of nitro groups is 1. The standard InChI is InChI=1S/C23H24ClFN4O4/c24-20-14-16(25)4-6-18(20)22(30)27-10-12-28(13-11-27)23(31)19-15-17(29(32)33)5-7-21(19)26-8-2-1-3-9-26/h4-7,14-15H,1-3,8-13H2. The summed E-state index contributed by atoms with van der Waals surface area (Å²) in [5, 5.41) is 11.4. The lowest BCUT2D eigenvalue weighted by atomic mass is 10.0. The molecule has 8 nitrogen and oxygen atoms in total. The molecule has 0 atom stereocenters.